The van der Waals surface area contributed by atoms with E-state index < -0.39 is 26.0 Å². The molecule has 0 atom stereocenters. The Kier molecular flexibility index (Phi) is 6.77. The predicted molar refractivity (Wildman–Crippen MR) is 118 cm³/mol. The molecule has 0 heterocycles. The lowest BCUT2D eigenvalue weighted by Gasteiger charge is -2.11. The van der Waals surface area contributed by atoms with Crippen molar-refractivity contribution in [2.75, 3.05) is 5.32 Å². The van der Waals surface area contributed by atoms with Gasteiger partial charge in [-0.15, -0.1) is 0 Å². The van der Waals surface area contributed by atoms with E-state index >= 15 is 0 Å². The molecule has 0 saturated carbocycles. The molecule has 0 aliphatic rings. The number of primary sulfonamides is 1. The van der Waals surface area contributed by atoms with Crippen molar-refractivity contribution in [3.05, 3.63) is 88.9 Å². The van der Waals surface area contributed by atoms with Gasteiger partial charge in [-0.1, -0.05) is 41.9 Å². The Morgan fingerprint density at radius 2 is 1.55 bits per heavy atom. The van der Waals surface area contributed by atoms with E-state index in [1.165, 1.54) is 42.5 Å². The van der Waals surface area contributed by atoms with E-state index in [1.807, 2.05) is 6.07 Å². The van der Waals surface area contributed by atoms with Crippen molar-refractivity contribution in [3.8, 4) is 0 Å². The first-order chi connectivity index (χ1) is 14.6. The highest BCUT2D eigenvalue weighted by atomic mass is 35.5. The van der Waals surface area contributed by atoms with E-state index in [-0.39, 0.29) is 26.9 Å². The van der Waals surface area contributed by atoms with Crippen LogP contribution in [-0.4, -0.2) is 22.7 Å². The molecule has 0 spiro atoms. The van der Waals surface area contributed by atoms with Gasteiger partial charge in [-0.05, 0) is 48.0 Å². The number of carbonyl (C=O) groups excluding carboxylic acids is 1. The van der Waals surface area contributed by atoms with Crippen molar-refractivity contribution < 1.29 is 21.6 Å². The lowest BCUT2D eigenvalue weighted by molar-refractivity contribution is 0.102. The van der Waals surface area contributed by atoms with E-state index in [0.717, 1.165) is 5.56 Å². The Hall–Kier alpha value is -2.76. The smallest absolute Gasteiger partial charge is 0.255 e. The molecule has 3 aromatic rings. The van der Waals surface area contributed by atoms with Crippen LogP contribution in [0.1, 0.15) is 15.9 Å². The van der Waals surface area contributed by atoms with Crippen LogP contribution in [0, 0.1) is 0 Å². The van der Waals surface area contributed by atoms with Gasteiger partial charge in [0, 0.05) is 17.8 Å². The van der Waals surface area contributed by atoms with Gasteiger partial charge in [-0.25, -0.2) is 26.7 Å². The highest BCUT2D eigenvalue weighted by Crippen LogP contribution is 2.24. The van der Waals surface area contributed by atoms with Crippen molar-refractivity contribution in [3.63, 3.8) is 0 Å². The Morgan fingerprint density at radius 1 is 0.903 bits per heavy atom. The molecule has 11 heteroatoms. The summed E-state index contributed by atoms with van der Waals surface area (Å²) < 4.78 is 50.5. The van der Waals surface area contributed by atoms with E-state index in [9.17, 15) is 21.6 Å². The maximum absolute atomic E-state index is 12.7. The third-order valence-electron chi connectivity index (χ3n) is 4.23. The van der Waals surface area contributed by atoms with Gasteiger partial charge < -0.3 is 5.32 Å². The number of rotatable bonds is 7. The fraction of sp³-hybridized carbons (Fsp3) is 0.0500. The average Bonchev–Trinajstić information content (AvgIpc) is 2.73. The first kappa shape index (κ1) is 22.9. The van der Waals surface area contributed by atoms with Crippen LogP contribution in [0.15, 0.2) is 82.6 Å². The second-order valence-corrected chi connectivity index (χ2v) is 10.2. The number of benzene rings is 3. The highest BCUT2D eigenvalue weighted by molar-refractivity contribution is 7.89. The monoisotopic (exact) mass is 479 g/mol. The van der Waals surface area contributed by atoms with Crippen LogP contribution in [0.4, 0.5) is 5.69 Å². The predicted octanol–water partition coefficient (Wildman–Crippen LogP) is 2.72. The minimum atomic E-state index is -3.98. The van der Waals surface area contributed by atoms with Crippen molar-refractivity contribution in [2.45, 2.75) is 16.3 Å². The Morgan fingerprint density at radius 3 is 2.16 bits per heavy atom. The fourth-order valence-corrected chi connectivity index (χ4v) is 4.69. The second kappa shape index (κ2) is 9.16. The van der Waals surface area contributed by atoms with E-state index in [2.05, 4.69) is 10.0 Å². The first-order valence-corrected chi connectivity index (χ1v) is 12.2. The maximum Gasteiger partial charge on any atom is 0.255 e. The lowest BCUT2D eigenvalue weighted by atomic mass is 10.2. The molecule has 1 amide bonds. The van der Waals surface area contributed by atoms with Gasteiger partial charge in [-0.3, -0.25) is 4.79 Å². The van der Waals surface area contributed by atoms with Gasteiger partial charge in [0.05, 0.1) is 9.92 Å². The van der Waals surface area contributed by atoms with E-state index in [4.69, 9.17) is 16.7 Å². The standard InChI is InChI=1S/C20H18ClN3O5S2/c21-18-11-6-15(20(25)24-16-7-9-17(10-8-16)30(22,26)27)12-19(18)31(28,29)23-13-14-4-2-1-3-5-14/h1-12,23H,13H2,(H,24,25)(H2,22,26,27). The molecule has 3 rings (SSSR count). The molecule has 0 aliphatic carbocycles. The molecule has 4 N–H and O–H groups in total. The second-order valence-electron chi connectivity index (χ2n) is 6.48. The van der Waals surface area contributed by atoms with Crippen molar-refractivity contribution in [2.24, 2.45) is 5.14 Å². The molecule has 0 aliphatic heterocycles. The summed E-state index contributed by atoms with van der Waals surface area (Å²) in [5.41, 5.74) is 1.12. The van der Waals surface area contributed by atoms with Crippen molar-refractivity contribution in [1.29, 1.82) is 0 Å². The molecule has 8 nitrogen and oxygen atoms in total. The minimum Gasteiger partial charge on any atom is -0.322 e. The van der Waals surface area contributed by atoms with Crippen LogP contribution in [0.2, 0.25) is 5.02 Å². The first-order valence-electron chi connectivity index (χ1n) is 8.84. The van der Waals surface area contributed by atoms with Gasteiger partial charge in [0.2, 0.25) is 20.0 Å². The molecular weight excluding hydrogens is 462 g/mol. The van der Waals surface area contributed by atoms with E-state index in [1.54, 1.807) is 24.3 Å². The zero-order chi connectivity index (χ0) is 22.6. The van der Waals surface area contributed by atoms with Crippen LogP contribution >= 0.6 is 11.6 Å². The summed E-state index contributed by atoms with van der Waals surface area (Å²) >= 11 is 6.07. The maximum atomic E-state index is 12.7. The molecule has 162 valence electrons. The summed E-state index contributed by atoms with van der Waals surface area (Å²) in [7, 11) is -7.84. The molecule has 0 fully saturated rings. The number of hydrogen-bond donors (Lipinski definition) is 3. The fourth-order valence-electron chi connectivity index (χ4n) is 2.63. The number of hydrogen-bond acceptors (Lipinski definition) is 5. The summed E-state index contributed by atoms with van der Waals surface area (Å²) in [6, 6.07) is 18.0. The van der Waals surface area contributed by atoms with Gasteiger partial charge in [0.1, 0.15) is 4.90 Å². The van der Waals surface area contributed by atoms with Gasteiger partial charge in [0.15, 0.2) is 0 Å². The van der Waals surface area contributed by atoms with Crippen LogP contribution in [0.5, 0.6) is 0 Å². The zero-order valence-electron chi connectivity index (χ0n) is 15.9. The van der Waals surface area contributed by atoms with Gasteiger partial charge >= 0.3 is 0 Å². The average molecular weight is 480 g/mol. The molecule has 0 aromatic heterocycles. The Bertz CT molecular complexity index is 1310. The molecule has 0 radical (unpaired) electrons. The molecule has 0 bridgehead atoms. The molecular formula is C20H18ClN3O5S2. The summed E-state index contributed by atoms with van der Waals surface area (Å²) in [5.74, 6) is -0.598. The molecule has 31 heavy (non-hydrogen) atoms. The number of halogens is 1. The number of carbonyl (C=O) groups is 1. The highest BCUT2D eigenvalue weighted by Gasteiger charge is 2.20. The molecule has 0 unspecified atom stereocenters. The van der Waals surface area contributed by atoms with Crippen LogP contribution in [0.3, 0.4) is 0 Å². The third-order valence-corrected chi connectivity index (χ3v) is 7.04. The number of sulfonamides is 2. The summed E-state index contributed by atoms with van der Waals surface area (Å²) in [6.45, 7) is 0.0618. The van der Waals surface area contributed by atoms with Gasteiger partial charge in [-0.2, -0.15) is 0 Å². The molecule has 3 aromatic carbocycles. The Balaban J connectivity index is 1.78. The summed E-state index contributed by atoms with van der Waals surface area (Å²) in [5, 5.41) is 7.57. The van der Waals surface area contributed by atoms with Crippen molar-refractivity contribution in [1.82, 2.24) is 4.72 Å². The van der Waals surface area contributed by atoms with Crippen LogP contribution in [0.25, 0.3) is 0 Å². The lowest BCUT2D eigenvalue weighted by Crippen LogP contribution is -2.24. The van der Waals surface area contributed by atoms with Crippen molar-refractivity contribution >= 4 is 43.2 Å². The Labute approximate surface area is 185 Å². The number of nitrogens with one attached hydrogen (secondary N) is 2. The summed E-state index contributed by atoms with van der Waals surface area (Å²) in [6.07, 6.45) is 0. The topological polar surface area (TPSA) is 135 Å². The SMILES string of the molecule is NS(=O)(=O)c1ccc(NC(=O)c2ccc(Cl)c(S(=O)(=O)NCc3ccccc3)c2)cc1. The largest absolute Gasteiger partial charge is 0.322 e. The summed E-state index contributed by atoms with van der Waals surface area (Å²) in [4.78, 5) is 12.2. The van der Waals surface area contributed by atoms with Gasteiger partial charge in [0.25, 0.3) is 5.91 Å². The third kappa shape index (κ3) is 5.90. The minimum absolute atomic E-state index is 0.0328. The molecule has 0 saturated heterocycles. The number of anilines is 1. The van der Waals surface area contributed by atoms with Crippen LogP contribution < -0.4 is 15.2 Å². The quantitative estimate of drug-likeness (QED) is 0.478. The number of nitrogens with two attached hydrogens (primary N) is 1. The zero-order valence-corrected chi connectivity index (χ0v) is 18.3. The normalized spacial score (nSPS) is 11.8. The van der Waals surface area contributed by atoms with E-state index in [0.29, 0.717) is 5.69 Å². The number of amides is 1. The van der Waals surface area contributed by atoms with Crippen LogP contribution in [-0.2, 0) is 26.6 Å².